The van der Waals surface area contributed by atoms with Gasteiger partial charge in [0.25, 0.3) is 0 Å². The van der Waals surface area contributed by atoms with Crippen LogP contribution in [0.15, 0.2) is 60.8 Å². The average Bonchev–Trinajstić information content (AvgIpc) is 2.93. The van der Waals surface area contributed by atoms with Crippen molar-refractivity contribution in [3.05, 3.63) is 76.9 Å². The number of anilines is 1. The maximum absolute atomic E-state index is 13.7. The van der Waals surface area contributed by atoms with E-state index in [0.29, 0.717) is 51.3 Å². The number of alkyl halides is 3. The Hall–Kier alpha value is -3.30. The van der Waals surface area contributed by atoms with Crippen LogP contribution in [-0.4, -0.2) is 62.7 Å². The molecule has 10 heteroatoms. The van der Waals surface area contributed by atoms with Crippen LogP contribution in [-0.2, 0) is 16.4 Å². The van der Waals surface area contributed by atoms with Gasteiger partial charge in [0.2, 0.25) is 5.91 Å². The Morgan fingerprint density at radius 3 is 2.45 bits per heavy atom. The molecule has 1 saturated heterocycles. The molecule has 1 aliphatic rings. The van der Waals surface area contributed by atoms with E-state index in [4.69, 9.17) is 21.3 Å². The molecular weight excluding hydrogens is 541 g/mol. The molecule has 1 amide bonds. The highest BCUT2D eigenvalue weighted by Crippen LogP contribution is 2.41. The molecule has 0 atom stereocenters. The van der Waals surface area contributed by atoms with Crippen molar-refractivity contribution in [3.8, 4) is 17.0 Å². The molecule has 1 fully saturated rings. The number of hydrogen-bond acceptors (Lipinski definition) is 5. The van der Waals surface area contributed by atoms with Gasteiger partial charge < -0.3 is 19.9 Å². The summed E-state index contributed by atoms with van der Waals surface area (Å²) in [7, 11) is 3.88. The Balaban J connectivity index is 1.60. The van der Waals surface area contributed by atoms with Crippen LogP contribution in [0.25, 0.3) is 11.3 Å². The summed E-state index contributed by atoms with van der Waals surface area (Å²) in [4.78, 5) is 22.4. The summed E-state index contributed by atoms with van der Waals surface area (Å²) in [5.41, 5.74) is 1.30. The lowest BCUT2D eigenvalue weighted by Crippen LogP contribution is -2.52. The van der Waals surface area contributed by atoms with E-state index in [1.807, 2.05) is 67.2 Å². The van der Waals surface area contributed by atoms with Crippen LogP contribution in [0.5, 0.6) is 5.75 Å². The van der Waals surface area contributed by atoms with Crippen molar-refractivity contribution in [2.45, 2.75) is 31.4 Å². The first-order valence-electron chi connectivity index (χ1n) is 13.3. The zero-order valence-corrected chi connectivity index (χ0v) is 23.6. The van der Waals surface area contributed by atoms with Crippen LogP contribution < -0.4 is 15.0 Å². The third-order valence-corrected chi connectivity index (χ3v) is 7.59. The number of nitrogens with zero attached hydrogens (tertiary/aromatic N) is 3. The largest absolute Gasteiger partial charge is 0.493 e. The number of ether oxygens (including phenoxy) is 1. The molecule has 6 nitrogen and oxygen atoms in total. The number of halogens is 4. The standard InChI is InChI=1S/C30H34ClF3N4O2/c1-4-40-27-8-6-5-7-23(27)25-11-9-22(20-36-25)29(28(39)35-15-18-37(2)3)13-16-38(17-14-29)26-12-10-21(19-24(26)31)30(32,33)34/h5-12,19-20H,4,13-18H2,1-3H3,(H,35,39). The van der Waals surface area contributed by atoms with Crippen molar-refractivity contribution in [3.63, 3.8) is 0 Å². The van der Waals surface area contributed by atoms with Crippen LogP contribution in [0.4, 0.5) is 18.9 Å². The number of carbonyl (C=O) groups excluding carboxylic acids is 1. The maximum Gasteiger partial charge on any atom is 0.416 e. The summed E-state index contributed by atoms with van der Waals surface area (Å²) in [6, 6.07) is 14.9. The van der Waals surface area contributed by atoms with Gasteiger partial charge in [0, 0.05) is 37.9 Å². The molecule has 0 aliphatic carbocycles. The number of carbonyl (C=O) groups is 1. The number of likely N-dealkylation sites (N-methyl/N-ethyl adjacent to an activating group) is 1. The normalized spacial score (nSPS) is 15.2. The molecule has 1 N–H and O–H groups in total. The molecule has 0 spiro atoms. The Bertz CT molecular complexity index is 1310. The van der Waals surface area contributed by atoms with E-state index in [2.05, 4.69) is 5.32 Å². The van der Waals surface area contributed by atoms with Crippen molar-refractivity contribution in [1.82, 2.24) is 15.2 Å². The van der Waals surface area contributed by atoms with E-state index in [9.17, 15) is 18.0 Å². The van der Waals surface area contributed by atoms with Crippen LogP contribution in [0.1, 0.15) is 30.9 Å². The van der Waals surface area contributed by atoms with Crippen LogP contribution in [0.3, 0.4) is 0 Å². The fourth-order valence-corrected chi connectivity index (χ4v) is 5.37. The number of hydrogen-bond donors (Lipinski definition) is 1. The second-order valence-electron chi connectivity index (χ2n) is 10.2. The van der Waals surface area contributed by atoms with Gasteiger partial charge in [-0.05, 0) is 75.8 Å². The quantitative estimate of drug-likeness (QED) is 0.338. The third-order valence-electron chi connectivity index (χ3n) is 7.29. The molecule has 0 bridgehead atoms. The molecular formula is C30H34ClF3N4O2. The van der Waals surface area contributed by atoms with Crippen molar-refractivity contribution in [2.75, 3.05) is 51.8 Å². The van der Waals surface area contributed by atoms with Gasteiger partial charge in [0.05, 0.1) is 34.0 Å². The number of amides is 1. The maximum atomic E-state index is 13.7. The van der Waals surface area contributed by atoms with Crippen LogP contribution >= 0.6 is 11.6 Å². The second-order valence-corrected chi connectivity index (χ2v) is 10.6. The third kappa shape index (κ3) is 6.53. The van der Waals surface area contributed by atoms with Gasteiger partial charge >= 0.3 is 6.18 Å². The molecule has 2 aromatic carbocycles. The summed E-state index contributed by atoms with van der Waals surface area (Å²) in [5, 5.41) is 3.13. The average molecular weight is 575 g/mol. The van der Waals surface area contributed by atoms with Gasteiger partial charge in [0.15, 0.2) is 0 Å². The number of benzene rings is 2. The van der Waals surface area contributed by atoms with E-state index in [1.54, 1.807) is 6.20 Å². The number of para-hydroxylation sites is 1. The zero-order chi connectivity index (χ0) is 28.9. The molecule has 0 radical (unpaired) electrons. The van der Waals surface area contributed by atoms with Crippen molar-refractivity contribution in [2.24, 2.45) is 0 Å². The molecule has 3 aromatic rings. The van der Waals surface area contributed by atoms with E-state index in [0.717, 1.165) is 34.7 Å². The Morgan fingerprint density at radius 2 is 1.85 bits per heavy atom. The molecule has 1 aromatic heterocycles. The van der Waals surface area contributed by atoms with E-state index in [1.165, 1.54) is 6.07 Å². The van der Waals surface area contributed by atoms with Gasteiger partial charge in [-0.25, -0.2) is 0 Å². The van der Waals surface area contributed by atoms with Gasteiger partial charge in [0.1, 0.15) is 5.75 Å². The predicted molar refractivity (Wildman–Crippen MR) is 152 cm³/mol. The first-order chi connectivity index (χ1) is 19.0. The molecule has 2 heterocycles. The Kier molecular flexibility index (Phi) is 9.26. The minimum absolute atomic E-state index is 0.0387. The van der Waals surface area contributed by atoms with Gasteiger partial charge in [-0.1, -0.05) is 29.8 Å². The van der Waals surface area contributed by atoms with Crippen molar-refractivity contribution < 1.29 is 22.7 Å². The first-order valence-corrected chi connectivity index (χ1v) is 13.7. The lowest BCUT2D eigenvalue weighted by atomic mass is 9.72. The number of nitrogens with one attached hydrogen (secondary N) is 1. The molecule has 1 aliphatic heterocycles. The molecule has 0 unspecified atom stereocenters. The fourth-order valence-electron chi connectivity index (χ4n) is 5.07. The summed E-state index contributed by atoms with van der Waals surface area (Å²) in [6.45, 7) is 4.54. The SMILES string of the molecule is CCOc1ccccc1-c1ccc(C2(C(=O)NCCN(C)C)CCN(c3ccc(C(F)(F)F)cc3Cl)CC2)cn1. The fraction of sp³-hybridized carbons (Fsp3) is 0.400. The lowest BCUT2D eigenvalue weighted by Gasteiger charge is -2.42. The number of rotatable bonds is 9. The zero-order valence-electron chi connectivity index (χ0n) is 22.9. The predicted octanol–water partition coefficient (Wildman–Crippen LogP) is 6.04. The summed E-state index contributed by atoms with van der Waals surface area (Å²) in [6.07, 6.45) is -1.81. The number of aromatic nitrogens is 1. The van der Waals surface area contributed by atoms with Crippen LogP contribution in [0, 0.1) is 0 Å². The molecule has 0 saturated carbocycles. The minimum atomic E-state index is -4.47. The minimum Gasteiger partial charge on any atom is -0.493 e. The highest BCUT2D eigenvalue weighted by molar-refractivity contribution is 6.33. The van der Waals surface area contributed by atoms with E-state index >= 15 is 0 Å². The first kappa shape index (κ1) is 29.7. The molecule has 40 heavy (non-hydrogen) atoms. The smallest absolute Gasteiger partial charge is 0.416 e. The van der Waals surface area contributed by atoms with Crippen molar-refractivity contribution in [1.29, 1.82) is 0 Å². The monoisotopic (exact) mass is 574 g/mol. The van der Waals surface area contributed by atoms with Gasteiger partial charge in [-0.3, -0.25) is 9.78 Å². The van der Waals surface area contributed by atoms with Gasteiger partial charge in [-0.2, -0.15) is 13.2 Å². The van der Waals surface area contributed by atoms with Gasteiger partial charge in [-0.15, -0.1) is 0 Å². The second kappa shape index (κ2) is 12.5. The number of piperidine rings is 1. The van der Waals surface area contributed by atoms with E-state index < -0.39 is 17.2 Å². The van der Waals surface area contributed by atoms with Crippen LogP contribution in [0.2, 0.25) is 5.02 Å². The summed E-state index contributed by atoms with van der Waals surface area (Å²) < 4.78 is 45.2. The number of pyridine rings is 1. The Labute approximate surface area is 238 Å². The summed E-state index contributed by atoms with van der Waals surface area (Å²) >= 11 is 6.28. The molecule has 214 valence electrons. The summed E-state index contributed by atoms with van der Waals surface area (Å²) in [5.74, 6) is 0.653. The lowest BCUT2D eigenvalue weighted by molar-refractivity contribution is -0.137. The molecule has 4 rings (SSSR count). The van der Waals surface area contributed by atoms with Crippen molar-refractivity contribution >= 4 is 23.2 Å². The topological polar surface area (TPSA) is 57.7 Å². The Morgan fingerprint density at radius 1 is 1.12 bits per heavy atom. The highest BCUT2D eigenvalue weighted by Gasteiger charge is 2.43. The van der Waals surface area contributed by atoms with E-state index in [-0.39, 0.29) is 10.9 Å². The highest BCUT2D eigenvalue weighted by atomic mass is 35.5.